The van der Waals surface area contributed by atoms with Crippen LogP contribution in [0.25, 0.3) is 0 Å². The van der Waals surface area contributed by atoms with E-state index in [1.165, 1.54) is 16.8 Å². The molecule has 0 radical (unpaired) electrons. The molecule has 3 rings (SSSR count). The van der Waals surface area contributed by atoms with Crippen molar-refractivity contribution < 1.29 is 0 Å². The molecule has 16 heavy (non-hydrogen) atoms. The predicted molar refractivity (Wildman–Crippen MR) is 63.3 cm³/mol. The van der Waals surface area contributed by atoms with Crippen molar-refractivity contribution in [3.05, 3.63) is 53.1 Å². The predicted octanol–water partition coefficient (Wildman–Crippen LogP) is 1.95. The molecule has 2 heterocycles. The van der Waals surface area contributed by atoms with E-state index in [-0.39, 0.29) is 6.04 Å². The fraction of sp³-hybridized carbons (Fsp3) is 0.308. The molecule has 1 aliphatic heterocycles. The van der Waals surface area contributed by atoms with Crippen LogP contribution in [0.4, 0.5) is 0 Å². The van der Waals surface area contributed by atoms with Gasteiger partial charge < -0.3 is 10.3 Å². The summed E-state index contributed by atoms with van der Waals surface area (Å²) in [6.07, 6.45) is 2.83. The number of hydrogen-bond donors (Lipinski definition) is 2. The maximum atomic E-state index is 4.43. The fourth-order valence-electron chi connectivity index (χ4n) is 2.34. The second kappa shape index (κ2) is 3.76. The summed E-state index contributed by atoms with van der Waals surface area (Å²) in [5, 5.41) is 3.52. The van der Waals surface area contributed by atoms with Crippen LogP contribution in [0.15, 0.2) is 30.6 Å². The number of benzene rings is 1. The highest BCUT2D eigenvalue weighted by molar-refractivity contribution is 5.34. The molecule has 0 spiro atoms. The first-order valence-corrected chi connectivity index (χ1v) is 5.66. The zero-order chi connectivity index (χ0) is 11.0. The van der Waals surface area contributed by atoms with Crippen LogP contribution in [0.5, 0.6) is 0 Å². The third-order valence-electron chi connectivity index (χ3n) is 3.12. The maximum absolute atomic E-state index is 4.43. The van der Waals surface area contributed by atoms with Crippen molar-refractivity contribution in [2.24, 2.45) is 0 Å². The molecule has 1 unspecified atom stereocenters. The van der Waals surface area contributed by atoms with Gasteiger partial charge in [0.05, 0.1) is 18.1 Å². The van der Waals surface area contributed by atoms with Gasteiger partial charge in [-0.05, 0) is 12.5 Å². The SMILES string of the molecule is Cc1cccc(C2NCCc3[nH]cnc32)c1. The Morgan fingerprint density at radius 2 is 2.31 bits per heavy atom. The van der Waals surface area contributed by atoms with Crippen LogP contribution in [-0.2, 0) is 6.42 Å². The molecule has 3 heteroatoms. The molecule has 0 saturated carbocycles. The van der Waals surface area contributed by atoms with Gasteiger partial charge in [0, 0.05) is 18.7 Å². The second-order valence-electron chi connectivity index (χ2n) is 4.32. The first-order chi connectivity index (χ1) is 7.84. The van der Waals surface area contributed by atoms with Gasteiger partial charge in [-0.25, -0.2) is 4.98 Å². The lowest BCUT2D eigenvalue weighted by atomic mass is 9.97. The minimum atomic E-state index is 0.245. The second-order valence-corrected chi connectivity index (χ2v) is 4.32. The standard InChI is InChI=1S/C13H15N3/c1-9-3-2-4-10(7-9)12-13-11(5-6-14-12)15-8-16-13/h2-4,7-8,12,14H,5-6H2,1H3,(H,15,16). The highest BCUT2D eigenvalue weighted by atomic mass is 15.0. The maximum Gasteiger partial charge on any atom is 0.0926 e. The molecule has 82 valence electrons. The first-order valence-electron chi connectivity index (χ1n) is 5.66. The van der Waals surface area contributed by atoms with Crippen LogP contribution in [0.1, 0.15) is 28.6 Å². The Bertz CT molecular complexity index is 501. The molecule has 0 aliphatic carbocycles. The van der Waals surface area contributed by atoms with Crippen molar-refractivity contribution in [3.63, 3.8) is 0 Å². The Balaban J connectivity index is 2.04. The Kier molecular flexibility index (Phi) is 2.26. The summed E-state index contributed by atoms with van der Waals surface area (Å²) in [4.78, 5) is 7.65. The molecule has 3 nitrogen and oxygen atoms in total. The minimum Gasteiger partial charge on any atom is -0.348 e. The van der Waals surface area contributed by atoms with Gasteiger partial charge in [0.2, 0.25) is 0 Å². The van der Waals surface area contributed by atoms with Crippen molar-refractivity contribution in [3.8, 4) is 0 Å². The first kappa shape index (κ1) is 9.60. The summed E-state index contributed by atoms with van der Waals surface area (Å²) in [6.45, 7) is 3.13. The molecular weight excluding hydrogens is 198 g/mol. The van der Waals surface area contributed by atoms with Crippen molar-refractivity contribution in [1.29, 1.82) is 0 Å². The highest BCUT2D eigenvalue weighted by Crippen LogP contribution is 2.26. The molecule has 0 saturated heterocycles. The van der Waals surface area contributed by atoms with Crippen LogP contribution in [0.3, 0.4) is 0 Å². The summed E-state index contributed by atoms with van der Waals surface area (Å²) >= 11 is 0. The van der Waals surface area contributed by atoms with Crippen molar-refractivity contribution in [2.75, 3.05) is 6.54 Å². The van der Waals surface area contributed by atoms with Gasteiger partial charge in [0.15, 0.2) is 0 Å². The van der Waals surface area contributed by atoms with E-state index in [9.17, 15) is 0 Å². The molecule has 2 N–H and O–H groups in total. The number of nitrogens with one attached hydrogen (secondary N) is 2. The van der Waals surface area contributed by atoms with E-state index < -0.39 is 0 Å². The van der Waals surface area contributed by atoms with E-state index in [1.54, 1.807) is 6.33 Å². The van der Waals surface area contributed by atoms with E-state index in [2.05, 4.69) is 46.5 Å². The number of aromatic amines is 1. The number of rotatable bonds is 1. The van der Waals surface area contributed by atoms with E-state index in [4.69, 9.17) is 0 Å². The van der Waals surface area contributed by atoms with E-state index >= 15 is 0 Å². The number of hydrogen-bond acceptors (Lipinski definition) is 2. The number of imidazole rings is 1. The molecule has 0 bridgehead atoms. The average molecular weight is 213 g/mol. The molecule has 1 atom stereocenters. The third-order valence-corrected chi connectivity index (χ3v) is 3.12. The van der Waals surface area contributed by atoms with Gasteiger partial charge in [-0.3, -0.25) is 0 Å². The highest BCUT2D eigenvalue weighted by Gasteiger charge is 2.23. The Morgan fingerprint density at radius 3 is 3.19 bits per heavy atom. The van der Waals surface area contributed by atoms with Crippen molar-refractivity contribution >= 4 is 0 Å². The van der Waals surface area contributed by atoms with Crippen molar-refractivity contribution in [2.45, 2.75) is 19.4 Å². The number of nitrogens with zero attached hydrogens (tertiary/aromatic N) is 1. The normalized spacial score (nSPS) is 19.4. The summed E-state index contributed by atoms with van der Waals surface area (Å²) < 4.78 is 0. The van der Waals surface area contributed by atoms with Crippen LogP contribution in [0, 0.1) is 6.92 Å². The Labute approximate surface area is 94.9 Å². The summed E-state index contributed by atoms with van der Waals surface area (Å²) in [6, 6.07) is 8.86. The Morgan fingerprint density at radius 1 is 1.38 bits per heavy atom. The van der Waals surface area contributed by atoms with E-state index in [1.807, 2.05) is 0 Å². The van der Waals surface area contributed by atoms with Crippen LogP contribution in [-0.4, -0.2) is 16.5 Å². The van der Waals surface area contributed by atoms with E-state index in [0.717, 1.165) is 18.7 Å². The molecule has 0 amide bonds. The van der Waals surface area contributed by atoms with Gasteiger partial charge >= 0.3 is 0 Å². The van der Waals surface area contributed by atoms with Gasteiger partial charge in [-0.1, -0.05) is 29.8 Å². The number of H-pyrrole nitrogens is 1. The van der Waals surface area contributed by atoms with Crippen LogP contribution in [0.2, 0.25) is 0 Å². The van der Waals surface area contributed by atoms with Gasteiger partial charge in [-0.15, -0.1) is 0 Å². The molecule has 1 aromatic carbocycles. The number of aromatic nitrogens is 2. The summed E-state index contributed by atoms with van der Waals surface area (Å²) in [5.41, 5.74) is 5.01. The van der Waals surface area contributed by atoms with Gasteiger partial charge in [0.1, 0.15) is 0 Å². The zero-order valence-electron chi connectivity index (χ0n) is 9.33. The average Bonchev–Trinajstić information content (AvgIpc) is 2.76. The molecule has 1 aliphatic rings. The topological polar surface area (TPSA) is 40.7 Å². The van der Waals surface area contributed by atoms with E-state index in [0.29, 0.717) is 0 Å². The monoisotopic (exact) mass is 213 g/mol. The van der Waals surface area contributed by atoms with Crippen molar-refractivity contribution in [1.82, 2.24) is 15.3 Å². The molecule has 0 fully saturated rings. The lowest BCUT2D eigenvalue weighted by molar-refractivity contribution is 0.553. The Hall–Kier alpha value is -1.61. The molecular formula is C13H15N3. The number of fused-ring (bicyclic) bond motifs is 1. The third kappa shape index (κ3) is 1.53. The summed E-state index contributed by atoms with van der Waals surface area (Å²) in [5.74, 6) is 0. The summed E-state index contributed by atoms with van der Waals surface area (Å²) in [7, 11) is 0. The van der Waals surface area contributed by atoms with Crippen LogP contribution < -0.4 is 5.32 Å². The lowest BCUT2D eigenvalue weighted by Gasteiger charge is -2.23. The lowest BCUT2D eigenvalue weighted by Crippen LogP contribution is -2.30. The van der Waals surface area contributed by atoms with Crippen LogP contribution >= 0.6 is 0 Å². The quantitative estimate of drug-likeness (QED) is 0.760. The number of aryl methyl sites for hydroxylation is 1. The zero-order valence-corrected chi connectivity index (χ0v) is 9.33. The van der Waals surface area contributed by atoms with Gasteiger partial charge in [-0.2, -0.15) is 0 Å². The van der Waals surface area contributed by atoms with Gasteiger partial charge in [0.25, 0.3) is 0 Å². The molecule has 1 aromatic heterocycles. The largest absolute Gasteiger partial charge is 0.348 e. The molecule has 2 aromatic rings. The minimum absolute atomic E-state index is 0.245. The smallest absolute Gasteiger partial charge is 0.0926 e. The fourth-order valence-corrected chi connectivity index (χ4v) is 2.34.